The SMILES string of the molecule is CC(C)(C)OC(=O)NCC(=Cc1cccc(CN)c1)B1OC(C)(C)C(C)(C)O1. The van der Waals surface area contributed by atoms with Gasteiger partial charge < -0.3 is 25.1 Å². The third-order valence-corrected chi connectivity index (χ3v) is 4.93. The highest BCUT2D eigenvalue weighted by atomic mass is 16.7. The Hall–Kier alpha value is -1.83. The van der Waals surface area contributed by atoms with Gasteiger partial charge in [0.05, 0.1) is 11.2 Å². The molecule has 3 N–H and O–H groups in total. The molecule has 1 aliphatic heterocycles. The molecule has 6 nitrogen and oxygen atoms in total. The van der Waals surface area contributed by atoms with Gasteiger partial charge in [0.1, 0.15) is 5.60 Å². The molecule has 0 aliphatic carbocycles. The van der Waals surface area contributed by atoms with E-state index in [2.05, 4.69) is 5.32 Å². The van der Waals surface area contributed by atoms with Crippen LogP contribution in [0.5, 0.6) is 0 Å². The van der Waals surface area contributed by atoms with Crippen LogP contribution in [0, 0.1) is 0 Å². The fourth-order valence-electron chi connectivity index (χ4n) is 2.71. The van der Waals surface area contributed by atoms with Gasteiger partial charge in [0, 0.05) is 13.1 Å². The lowest BCUT2D eigenvalue weighted by Gasteiger charge is -2.32. The highest BCUT2D eigenvalue weighted by Gasteiger charge is 2.52. The predicted molar refractivity (Wildman–Crippen MR) is 113 cm³/mol. The molecule has 2 rings (SSSR count). The first-order valence-electron chi connectivity index (χ1n) is 9.65. The Kier molecular flexibility index (Phi) is 6.64. The van der Waals surface area contributed by atoms with Gasteiger partial charge in [0.15, 0.2) is 0 Å². The zero-order valence-corrected chi connectivity index (χ0v) is 18.1. The number of nitrogens with two attached hydrogens (primary N) is 1. The molecule has 1 aliphatic rings. The summed E-state index contributed by atoms with van der Waals surface area (Å²) < 4.78 is 17.7. The molecule has 1 fully saturated rings. The van der Waals surface area contributed by atoms with Gasteiger partial charge in [-0.15, -0.1) is 0 Å². The van der Waals surface area contributed by atoms with Crippen LogP contribution in [0.2, 0.25) is 0 Å². The Balaban J connectivity index is 2.26. The van der Waals surface area contributed by atoms with Crippen LogP contribution in [0.15, 0.2) is 29.7 Å². The van der Waals surface area contributed by atoms with Crippen LogP contribution in [0.1, 0.15) is 59.6 Å². The third-order valence-electron chi connectivity index (χ3n) is 4.93. The summed E-state index contributed by atoms with van der Waals surface area (Å²) >= 11 is 0. The zero-order valence-electron chi connectivity index (χ0n) is 18.1. The number of rotatable bonds is 5. The molecular weight excluding hydrogens is 355 g/mol. The van der Waals surface area contributed by atoms with Crippen LogP contribution < -0.4 is 11.1 Å². The Morgan fingerprint density at radius 1 is 1.21 bits per heavy atom. The number of hydrogen-bond donors (Lipinski definition) is 2. The van der Waals surface area contributed by atoms with E-state index in [1.165, 1.54) is 0 Å². The smallest absolute Gasteiger partial charge is 0.444 e. The second-order valence-electron chi connectivity index (χ2n) is 9.11. The molecule has 0 atom stereocenters. The maximum Gasteiger partial charge on any atom is 0.492 e. The molecule has 1 heterocycles. The molecule has 1 aromatic carbocycles. The monoisotopic (exact) mass is 388 g/mol. The van der Waals surface area contributed by atoms with E-state index in [0.29, 0.717) is 6.54 Å². The average Bonchev–Trinajstić information content (AvgIpc) is 2.77. The minimum atomic E-state index is -0.568. The molecule has 1 saturated heterocycles. The van der Waals surface area contributed by atoms with Gasteiger partial charge >= 0.3 is 13.2 Å². The lowest BCUT2D eigenvalue weighted by molar-refractivity contribution is 0.00578. The summed E-state index contributed by atoms with van der Waals surface area (Å²) in [6.45, 7) is 14.2. The van der Waals surface area contributed by atoms with Crippen molar-refractivity contribution in [3.63, 3.8) is 0 Å². The zero-order chi connectivity index (χ0) is 21.2. The number of ether oxygens (including phenoxy) is 1. The van der Waals surface area contributed by atoms with Crippen LogP contribution in [0.4, 0.5) is 4.79 Å². The van der Waals surface area contributed by atoms with Gasteiger partial charge in [-0.25, -0.2) is 4.79 Å². The number of amides is 1. The van der Waals surface area contributed by atoms with E-state index in [4.69, 9.17) is 19.8 Å². The highest BCUT2D eigenvalue weighted by Crippen LogP contribution is 2.38. The van der Waals surface area contributed by atoms with E-state index in [1.54, 1.807) is 0 Å². The van der Waals surface area contributed by atoms with E-state index >= 15 is 0 Å². The molecule has 28 heavy (non-hydrogen) atoms. The minimum absolute atomic E-state index is 0.249. The number of nitrogens with one attached hydrogen (secondary N) is 1. The van der Waals surface area contributed by atoms with Crippen molar-refractivity contribution in [2.24, 2.45) is 5.73 Å². The average molecular weight is 388 g/mol. The van der Waals surface area contributed by atoms with Crippen molar-refractivity contribution in [3.05, 3.63) is 40.9 Å². The Labute approximate surface area is 168 Å². The number of carbonyl (C=O) groups excluding carboxylic acids is 1. The first-order valence-corrected chi connectivity index (χ1v) is 9.65. The fourth-order valence-corrected chi connectivity index (χ4v) is 2.71. The first kappa shape index (κ1) is 22.5. The predicted octanol–water partition coefficient (Wildman–Crippen LogP) is 3.68. The van der Waals surface area contributed by atoms with Gasteiger partial charge in [0.25, 0.3) is 0 Å². The maximum atomic E-state index is 12.1. The van der Waals surface area contributed by atoms with Crippen molar-refractivity contribution in [3.8, 4) is 0 Å². The van der Waals surface area contributed by atoms with Crippen molar-refractivity contribution in [2.45, 2.75) is 71.8 Å². The van der Waals surface area contributed by atoms with E-state index < -0.39 is 30.0 Å². The summed E-state index contributed by atoms with van der Waals surface area (Å²) in [6.07, 6.45) is 1.49. The Morgan fingerprint density at radius 3 is 2.36 bits per heavy atom. The quantitative estimate of drug-likeness (QED) is 0.752. The molecule has 0 bridgehead atoms. The molecule has 7 heteroatoms. The van der Waals surface area contributed by atoms with Crippen molar-refractivity contribution >= 4 is 19.3 Å². The van der Waals surface area contributed by atoms with Gasteiger partial charge in [-0.05, 0) is 65.1 Å². The Bertz CT molecular complexity index is 722. The van der Waals surface area contributed by atoms with E-state index in [0.717, 1.165) is 16.6 Å². The molecule has 0 aromatic heterocycles. The normalized spacial score (nSPS) is 18.9. The number of benzene rings is 1. The molecule has 1 aromatic rings. The number of carbonyl (C=O) groups is 1. The molecule has 0 radical (unpaired) electrons. The lowest BCUT2D eigenvalue weighted by atomic mass is 9.77. The summed E-state index contributed by atoms with van der Waals surface area (Å²) in [6, 6.07) is 7.93. The number of alkyl carbamates (subject to hydrolysis) is 1. The van der Waals surface area contributed by atoms with Crippen molar-refractivity contribution in [1.82, 2.24) is 5.32 Å². The van der Waals surface area contributed by atoms with Crippen LogP contribution in [-0.4, -0.2) is 36.6 Å². The molecule has 154 valence electrons. The second-order valence-corrected chi connectivity index (χ2v) is 9.11. The van der Waals surface area contributed by atoms with Gasteiger partial charge in [-0.3, -0.25) is 0 Å². The summed E-state index contributed by atoms with van der Waals surface area (Å²) in [7, 11) is -0.568. The van der Waals surface area contributed by atoms with Crippen molar-refractivity contribution in [1.29, 1.82) is 0 Å². The largest absolute Gasteiger partial charge is 0.492 e. The van der Waals surface area contributed by atoms with Crippen LogP contribution in [-0.2, 0) is 20.6 Å². The maximum absolute atomic E-state index is 12.1. The van der Waals surface area contributed by atoms with Crippen molar-refractivity contribution < 1.29 is 18.8 Å². The Morgan fingerprint density at radius 2 is 1.82 bits per heavy atom. The van der Waals surface area contributed by atoms with Crippen LogP contribution in [0.3, 0.4) is 0 Å². The topological polar surface area (TPSA) is 82.8 Å². The fraction of sp³-hybridized carbons (Fsp3) is 0.571. The summed E-state index contributed by atoms with van der Waals surface area (Å²) in [5.74, 6) is 0. The van der Waals surface area contributed by atoms with Crippen LogP contribution >= 0.6 is 0 Å². The minimum Gasteiger partial charge on any atom is -0.444 e. The van der Waals surface area contributed by atoms with Gasteiger partial charge in [-0.2, -0.15) is 0 Å². The molecule has 0 spiro atoms. The highest BCUT2D eigenvalue weighted by molar-refractivity contribution is 6.56. The van der Waals surface area contributed by atoms with Gasteiger partial charge in [0.2, 0.25) is 0 Å². The molecule has 1 amide bonds. The second kappa shape index (κ2) is 8.27. The third kappa shape index (κ3) is 5.83. The summed E-state index contributed by atoms with van der Waals surface area (Å²) in [5, 5.41) is 2.81. The van der Waals surface area contributed by atoms with Crippen molar-refractivity contribution in [2.75, 3.05) is 6.54 Å². The molecule has 0 unspecified atom stereocenters. The lowest BCUT2D eigenvalue weighted by Crippen LogP contribution is -2.41. The number of hydrogen-bond acceptors (Lipinski definition) is 5. The van der Waals surface area contributed by atoms with Crippen LogP contribution in [0.25, 0.3) is 6.08 Å². The summed E-state index contributed by atoms with van der Waals surface area (Å²) in [4.78, 5) is 12.1. The van der Waals surface area contributed by atoms with E-state index in [-0.39, 0.29) is 6.54 Å². The van der Waals surface area contributed by atoms with Gasteiger partial charge in [-0.1, -0.05) is 30.3 Å². The van der Waals surface area contributed by atoms with E-state index in [9.17, 15) is 4.79 Å². The molecule has 0 saturated carbocycles. The molecular formula is C21H33BN2O4. The van der Waals surface area contributed by atoms with E-state index in [1.807, 2.05) is 78.8 Å². The first-order chi connectivity index (χ1) is 12.8. The summed E-state index contributed by atoms with van der Waals surface area (Å²) in [5.41, 5.74) is 7.06. The standard InChI is InChI=1S/C21H33BN2O4/c1-19(2,3)26-18(25)24-14-17(12-15-9-8-10-16(11-15)13-23)22-27-20(4,5)21(6,7)28-22/h8-12H,13-14,23H2,1-7H3,(H,24,25).